The Bertz CT molecular complexity index is 1120. The van der Waals surface area contributed by atoms with E-state index in [1.54, 1.807) is 18.2 Å². The molecular formula is C21H21N7O3. The zero-order valence-corrected chi connectivity index (χ0v) is 16.6. The summed E-state index contributed by atoms with van der Waals surface area (Å²) in [5, 5.41) is 27.5. The summed E-state index contributed by atoms with van der Waals surface area (Å²) >= 11 is 0. The van der Waals surface area contributed by atoms with Gasteiger partial charge in [0.2, 0.25) is 5.95 Å². The van der Waals surface area contributed by atoms with Gasteiger partial charge in [-0.2, -0.15) is 0 Å². The predicted molar refractivity (Wildman–Crippen MR) is 114 cm³/mol. The van der Waals surface area contributed by atoms with E-state index in [0.29, 0.717) is 36.1 Å². The molecule has 4 N–H and O–H groups in total. The number of aromatic nitrogens is 4. The van der Waals surface area contributed by atoms with Gasteiger partial charge in [0.05, 0.1) is 16.9 Å². The maximum Gasteiger partial charge on any atom is 0.338 e. The van der Waals surface area contributed by atoms with E-state index in [4.69, 9.17) is 10.8 Å². The molecule has 158 valence electrons. The maximum atomic E-state index is 11.1. The van der Waals surface area contributed by atoms with Crippen LogP contribution in [0.4, 0.5) is 17.5 Å². The minimum atomic E-state index is -1.04. The number of phenolic OH excluding ortho intramolecular Hbond substituents is 1. The Morgan fingerprint density at radius 3 is 2.39 bits per heavy atom. The van der Waals surface area contributed by atoms with Gasteiger partial charge in [0, 0.05) is 43.1 Å². The van der Waals surface area contributed by atoms with Gasteiger partial charge < -0.3 is 25.7 Å². The van der Waals surface area contributed by atoms with Crippen LogP contribution in [0.15, 0.2) is 42.7 Å². The lowest BCUT2D eigenvalue weighted by Crippen LogP contribution is -2.54. The second kappa shape index (κ2) is 7.38. The first-order chi connectivity index (χ1) is 15.0. The summed E-state index contributed by atoms with van der Waals surface area (Å²) in [7, 11) is 0. The van der Waals surface area contributed by atoms with Gasteiger partial charge in [0.25, 0.3) is 0 Å². The zero-order valence-electron chi connectivity index (χ0n) is 16.6. The minimum Gasteiger partial charge on any atom is -0.507 e. The molecule has 2 unspecified atom stereocenters. The number of phenols is 1. The summed E-state index contributed by atoms with van der Waals surface area (Å²) < 4.78 is 0. The first-order valence-electron chi connectivity index (χ1n) is 10.0. The summed E-state index contributed by atoms with van der Waals surface area (Å²) in [5.41, 5.74) is 8.18. The van der Waals surface area contributed by atoms with Crippen LogP contribution in [-0.4, -0.2) is 61.5 Å². The van der Waals surface area contributed by atoms with Crippen molar-refractivity contribution in [3.8, 4) is 17.0 Å². The van der Waals surface area contributed by atoms with E-state index in [9.17, 15) is 9.90 Å². The van der Waals surface area contributed by atoms with Crippen LogP contribution in [0.1, 0.15) is 23.2 Å². The first kappa shape index (κ1) is 19.0. The molecule has 0 saturated carbocycles. The lowest BCUT2D eigenvalue weighted by Gasteiger charge is -2.42. The molecule has 2 aromatic heterocycles. The van der Waals surface area contributed by atoms with Gasteiger partial charge in [-0.3, -0.25) is 0 Å². The average molecular weight is 419 g/mol. The fourth-order valence-electron chi connectivity index (χ4n) is 4.46. The number of benzene rings is 1. The zero-order chi connectivity index (χ0) is 21.5. The second-order valence-electron chi connectivity index (χ2n) is 7.79. The van der Waals surface area contributed by atoms with Gasteiger partial charge in [-0.25, -0.2) is 14.8 Å². The van der Waals surface area contributed by atoms with Crippen molar-refractivity contribution < 1.29 is 15.0 Å². The van der Waals surface area contributed by atoms with Crippen molar-refractivity contribution in [1.29, 1.82) is 0 Å². The van der Waals surface area contributed by atoms with Crippen LogP contribution < -0.4 is 15.5 Å². The number of nitrogens with two attached hydrogens (primary N) is 1. The molecular weight excluding hydrogens is 398 g/mol. The fourth-order valence-corrected chi connectivity index (χ4v) is 4.46. The third-order valence-electron chi connectivity index (χ3n) is 5.92. The SMILES string of the molecule is Nc1nnc(-c2ccccc2O)cc1N1CC2CCC(C1)N2c1ncc(C(=O)O)cn1. The molecule has 1 aromatic carbocycles. The lowest BCUT2D eigenvalue weighted by molar-refractivity contribution is 0.0696. The number of nitrogen functional groups attached to an aromatic ring is 1. The molecule has 0 amide bonds. The second-order valence-corrected chi connectivity index (χ2v) is 7.79. The van der Waals surface area contributed by atoms with Crippen molar-refractivity contribution in [2.45, 2.75) is 24.9 Å². The van der Waals surface area contributed by atoms with E-state index in [1.807, 2.05) is 12.1 Å². The first-order valence-corrected chi connectivity index (χ1v) is 10.0. The standard InChI is InChI=1S/C21H21N7O3/c22-19-17(7-16(25-26-19)15-3-1-2-4-18(15)29)27-10-13-5-6-14(11-27)28(13)21-23-8-12(9-24-21)20(30)31/h1-4,7-9,13-14,29H,5-6,10-11H2,(H2,22,26)(H,30,31). The number of carboxylic acid groups (broad SMARTS) is 1. The molecule has 0 radical (unpaired) electrons. The van der Waals surface area contributed by atoms with Crippen molar-refractivity contribution >= 4 is 23.4 Å². The van der Waals surface area contributed by atoms with E-state index in [0.717, 1.165) is 18.5 Å². The summed E-state index contributed by atoms with van der Waals surface area (Å²) in [4.78, 5) is 24.0. The van der Waals surface area contributed by atoms with E-state index in [-0.39, 0.29) is 23.4 Å². The quantitative estimate of drug-likeness (QED) is 0.573. The summed E-state index contributed by atoms with van der Waals surface area (Å²) in [5.74, 6) is -0.0124. The maximum absolute atomic E-state index is 11.1. The number of hydrogen-bond acceptors (Lipinski definition) is 9. The molecule has 2 aliphatic heterocycles. The summed E-state index contributed by atoms with van der Waals surface area (Å²) in [6.45, 7) is 1.41. The monoisotopic (exact) mass is 419 g/mol. The number of carboxylic acids is 1. The van der Waals surface area contributed by atoms with E-state index >= 15 is 0 Å². The largest absolute Gasteiger partial charge is 0.507 e. The number of anilines is 3. The summed E-state index contributed by atoms with van der Waals surface area (Å²) in [6, 6.07) is 9.21. The Morgan fingerprint density at radius 1 is 1.06 bits per heavy atom. The third-order valence-corrected chi connectivity index (χ3v) is 5.92. The third kappa shape index (κ3) is 3.35. The van der Waals surface area contributed by atoms with E-state index in [2.05, 4.69) is 30.0 Å². The molecule has 0 aliphatic carbocycles. The van der Waals surface area contributed by atoms with Crippen LogP contribution in [0.5, 0.6) is 5.75 Å². The lowest BCUT2D eigenvalue weighted by atomic mass is 10.1. The Balaban J connectivity index is 1.41. The van der Waals surface area contributed by atoms with Crippen LogP contribution in [0.25, 0.3) is 11.3 Å². The number of para-hydroxylation sites is 1. The highest BCUT2D eigenvalue weighted by Gasteiger charge is 2.42. The molecule has 10 heteroatoms. The smallest absolute Gasteiger partial charge is 0.338 e. The van der Waals surface area contributed by atoms with Gasteiger partial charge in [-0.05, 0) is 31.0 Å². The number of aromatic carboxylic acids is 1. The average Bonchev–Trinajstić information content (AvgIpc) is 3.04. The van der Waals surface area contributed by atoms with Crippen molar-refractivity contribution in [3.63, 3.8) is 0 Å². The van der Waals surface area contributed by atoms with Gasteiger partial charge in [0.1, 0.15) is 5.75 Å². The highest BCUT2D eigenvalue weighted by Crippen LogP contribution is 2.37. The molecule has 2 aliphatic rings. The molecule has 5 rings (SSSR count). The molecule has 31 heavy (non-hydrogen) atoms. The molecule has 2 fully saturated rings. The van der Waals surface area contributed by atoms with Crippen LogP contribution in [-0.2, 0) is 0 Å². The number of hydrogen-bond donors (Lipinski definition) is 3. The molecule has 2 saturated heterocycles. The van der Waals surface area contributed by atoms with Gasteiger partial charge >= 0.3 is 5.97 Å². The van der Waals surface area contributed by atoms with Crippen LogP contribution in [0.3, 0.4) is 0 Å². The Hall–Kier alpha value is -3.95. The number of piperazine rings is 1. The number of nitrogens with zero attached hydrogens (tertiary/aromatic N) is 6. The highest BCUT2D eigenvalue weighted by atomic mass is 16.4. The number of rotatable bonds is 4. The molecule has 0 spiro atoms. The Kier molecular flexibility index (Phi) is 4.54. The van der Waals surface area contributed by atoms with Crippen molar-refractivity contribution in [2.24, 2.45) is 0 Å². The predicted octanol–water partition coefficient (Wildman–Crippen LogP) is 1.78. The Labute approximate surface area is 178 Å². The van der Waals surface area contributed by atoms with Crippen molar-refractivity contribution in [1.82, 2.24) is 20.2 Å². The van der Waals surface area contributed by atoms with E-state index < -0.39 is 5.97 Å². The van der Waals surface area contributed by atoms with Crippen molar-refractivity contribution in [3.05, 3.63) is 48.3 Å². The number of aromatic hydroxyl groups is 1. The summed E-state index contributed by atoms with van der Waals surface area (Å²) in [6.07, 6.45) is 4.66. The van der Waals surface area contributed by atoms with Crippen molar-refractivity contribution in [2.75, 3.05) is 28.6 Å². The molecule has 3 aromatic rings. The fraction of sp³-hybridized carbons (Fsp3) is 0.286. The van der Waals surface area contributed by atoms with E-state index in [1.165, 1.54) is 12.4 Å². The van der Waals surface area contributed by atoms with Crippen LogP contribution in [0.2, 0.25) is 0 Å². The molecule has 10 nitrogen and oxygen atoms in total. The van der Waals surface area contributed by atoms with Gasteiger partial charge in [-0.1, -0.05) is 12.1 Å². The number of carbonyl (C=O) groups is 1. The van der Waals surface area contributed by atoms with Gasteiger partial charge in [0.15, 0.2) is 5.82 Å². The topological polar surface area (TPSA) is 142 Å². The normalized spacial score (nSPS) is 20.1. The van der Waals surface area contributed by atoms with Gasteiger partial charge in [-0.15, -0.1) is 10.2 Å². The van der Waals surface area contributed by atoms with Crippen LogP contribution in [0, 0.1) is 0 Å². The molecule has 2 atom stereocenters. The van der Waals surface area contributed by atoms with Crippen LogP contribution >= 0.6 is 0 Å². The Morgan fingerprint density at radius 2 is 1.74 bits per heavy atom. The highest BCUT2D eigenvalue weighted by molar-refractivity contribution is 5.86. The minimum absolute atomic E-state index is 0.0714. The number of fused-ring (bicyclic) bond motifs is 2. The molecule has 4 heterocycles. The molecule has 2 bridgehead atoms.